The van der Waals surface area contributed by atoms with Crippen molar-refractivity contribution in [2.45, 2.75) is 19.4 Å². The van der Waals surface area contributed by atoms with Crippen molar-refractivity contribution in [2.75, 3.05) is 13.2 Å². The molecule has 0 bridgehead atoms. The third kappa shape index (κ3) is 2.27. The Bertz CT molecular complexity index is 285. The second kappa shape index (κ2) is 4.02. The standard InChI is InChI=1S/C10H15N3O/c14-7-10(1-2-10)6-11-3-9-4-12-8-13-5-9/h4-5,8,11,14H,1-3,6-7H2. The largest absolute Gasteiger partial charge is 0.396 e. The van der Waals surface area contributed by atoms with E-state index in [4.69, 9.17) is 5.11 Å². The van der Waals surface area contributed by atoms with Crippen LogP contribution in [0.15, 0.2) is 18.7 Å². The lowest BCUT2D eigenvalue weighted by Crippen LogP contribution is -2.26. The number of hydrogen-bond donors (Lipinski definition) is 2. The van der Waals surface area contributed by atoms with Crippen LogP contribution in [0.4, 0.5) is 0 Å². The summed E-state index contributed by atoms with van der Waals surface area (Å²) in [5.74, 6) is 0. The first kappa shape index (κ1) is 9.55. The third-order valence-electron chi connectivity index (χ3n) is 2.74. The summed E-state index contributed by atoms with van der Waals surface area (Å²) in [7, 11) is 0. The van der Waals surface area contributed by atoms with Gasteiger partial charge in [-0.15, -0.1) is 0 Å². The van der Waals surface area contributed by atoms with Crippen molar-refractivity contribution in [3.05, 3.63) is 24.3 Å². The molecule has 0 saturated heterocycles. The van der Waals surface area contributed by atoms with Gasteiger partial charge in [0.15, 0.2) is 0 Å². The summed E-state index contributed by atoms with van der Waals surface area (Å²) in [5, 5.41) is 12.4. The van der Waals surface area contributed by atoms with Gasteiger partial charge in [0.1, 0.15) is 6.33 Å². The highest BCUT2D eigenvalue weighted by atomic mass is 16.3. The average Bonchev–Trinajstić information content (AvgIpc) is 3.00. The van der Waals surface area contributed by atoms with Crippen molar-refractivity contribution in [1.82, 2.24) is 15.3 Å². The van der Waals surface area contributed by atoms with Crippen LogP contribution in [-0.2, 0) is 6.54 Å². The van der Waals surface area contributed by atoms with Crippen LogP contribution in [0.3, 0.4) is 0 Å². The summed E-state index contributed by atoms with van der Waals surface area (Å²) in [5.41, 5.74) is 1.26. The summed E-state index contributed by atoms with van der Waals surface area (Å²) in [4.78, 5) is 7.87. The van der Waals surface area contributed by atoms with Gasteiger partial charge in [0, 0.05) is 43.1 Å². The number of aromatic nitrogens is 2. The van der Waals surface area contributed by atoms with E-state index in [2.05, 4.69) is 15.3 Å². The fraction of sp³-hybridized carbons (Fsp3) is 0.600. The molecule has 0 atom stereocenters. The Balaban J connectivity index is 1.73. The van der Waals surface area contributed by atoms with Crippen molar-refractivity contribution in [3.8, 4) is 0 Å². The van der Waals surface area contributed by atoms with Crippen LogP contribution in [0.25, 0.3) is 0 Å². The average molecular weight is 193 g/mol. The summed E-state index contributed by atoms with van der Waals surface area (Å²) in [6, 6.07) is 0. The topological polar surface area (TPSA) is 58.0 Å². The second-order valence-corrected chi connectivity index (χ2v) is 4.01. The Morgan fingerprint density at radius 1 is 1.36 bits per heavy atom. The van der Waals surface area contributed by atoms with Crippen molar-refractivity contribution < 1.29 is 5.11 Å². The van der Waals surface area contributed by atoms with E-state index in [-0.39, 0.29) is 5.41 Å². The Morgan fingerprint density at radius 2 is 2.07 bits per heavy atom. The summed E-state index contributed by atoms with van der Waals surface area (Å²) < 4.78 is 0. The van der Waals surface area contributed by atoms with E-state index in [1.807, 2.05) is 0 Å². The molecule has 4 nitrogen and oxygen atoms in total. The highest BCUT2D eigenvalue weighted by molar-refractivity contribution is 5.02. The molecule has 0 aromatic carbocycles. The summed E-state index contributed by atoms with van der Waals surface area (Å²) in [6.07, 6.45) is 7.42. The van der Waals surface area contributed by atoms with Gasteiger partial charge in [0.05, 0.1) is 0 Å². The molecule has 1 heterocycles. The van der Waals surface area contributed by atoms with Crippen molar-refractivity contribution in [1.29, 1.82) is 0 Å². The molecule has 76 valence electrons. The minimum atomic E-state index is 0.176. The molecule has 4 heteroatoms. The van der Waals surface area contributed by atoms with Gasteiger partial charge in [-0.3, -0.25) is 0 Å². The fourth-order valence-corrected chi connectivity index (χ4v) is 1.46. The zero-order chi connectivity index (χ0) is 9.86. The van der Waals surface area contributed by atoms with E-state index in [0.717, 1.165) is 31.5 Å². The smallest absolute Gasteiger partial charge is 0.115 e. The number of rotatable bonds is 5. The van der Waals surface area contributed by atoms with Crippen LogP contribution in [0, 0.1) is 5.41 Å². The molecule has 0 aliphatic heterocycles. The van der Waals surface area contributed by atoms with E-state index in [1.165, 1.54) is 6.33 Å². The van der Waals surface area contributed by atoms with Crippen molar-refractivity contribution in [3.63, 3.8) is 0 Å². The van der Waals surface area contributed by atoms with Crippen LogP contribution >= 0.6 is 0 Å². The number of nitrogens with one attached hydrogen (secondary N) is 1. The van der Waals surface area contributed by atoms with E-state index < -0.39 is 0 Å². The minimum absolute atomic E-state index is 0.176. The number of hydrogen-bond acceptors (Lipinski definition) is 4. The number of aliphatic hydroxyl groups excluding tert-OH is 1. The van der Waals surface area contributed by atoms with E-state index in [9.17, 15) is 0 Å². The lowest BCUT2D eigenvalue weighted by molar-refractivity contribution is 0.207. The SMILES string of the molecule is OCC1(CNCc2cncnc2)CC1. The van der Waals surface area contributed by atoms with E-state index >= 15 is 0 Å². The lowest BCUT2D eigenvalue weighted by Gasteiger charge is -2.12. The van der Waals surface area contributed by atoms with Crippen LogP contribution in [0.5, 0.6) is 0 Å². The number of nitrogens with zero attached hydrogens (tertiary/aromatic N) is 2. The molecule has 2 rings (SSSR count). The predicted octanol–water partition coefficient (Wildman–Crippen LogP) is 0.339. The minimum Gasteiger partial charge on any atom is -0.396 e. The molecule has 1 aliphatic carbocycles. The van der Waals surface area contributed by atoms with Gasteiger partial charge >= 0.3 is 0 Å². The summed E-state index contributed by atoms with van der Waals surface area (Å²) in [6.45, 7) is 1.96. The quantitative estimate of drug-likeness (QED) is 0.708. The van der Waals surface area contributed by atoms with Gasteiger partial charge in [-0.1, -0.05) is 0 Å². The van der Waals surface area contributed by atoms with Gasteiger partial charge in [-0.2, -0.15) is 0 Å². The monoisotopic (exact) mass is 193 g/mol. The maximum Gasteiger partial charge on any atom is 0.115 e. The van der Waals surface area contributed by atoms with Gasteiger partial charge in [-0.05, 0) is 12.8 Å². The maximum absolute atomic E-state index is 9.09. The highest BCUT2D eigenvalue weighted by Gasteiger charge is 2.41. The molecule has 1 aromatic rings. The Labute approximate surface area is 83.4 Å². The highest BCUT2D eigenvalue weighted by Crippen LogP contribution is 2.44. The van der Waals surface area contributed by atoms with E-state index in [0.29, 0.717) is 6.61 Å². The van der Waals surface area contributed by atoms with Gasteiger partial charge < -0.3 is 10.4 Å². The molecule has 1 aromatic heterocycles. The molecular weight excluding hydrogens is 178 g/mol. The number of aliphatic hydroxyl groups is 1. The molecule has 1 fully saturated rings. The third-order valence-corrected chi connectivity index (χ3v) is 2.74. The zero-order valence-electron chi connectivity index (χ0n) is 8.11. The first-order chi connectivity index (χ1) is 6.85. The first-order valence-electron chi connectivity index (χ1n) is 4.90. The zero-order valence-corrected chi connectivity index (χ0v) is 8.11. The van der Waals surface area contributed by atoms with Gasteiger partial charge in [-0.25, -0.2) is 9.97 Å². The fourth-order valence-electron chi connectivity index (χ4n) is 1.46. The normalized spacial score (nSPS) is 18.1. The summed E-state index contributed by atoms with van der Waals surface area (Å²) >= 11 is 0. The molecule has 1 saturated carbocycles. The van der Waals surface area contributed by atoms with Crippen LogP contribution < -0.4 is 5.32 Å². The Hall–Kier alpha value is -1.00. The van der Waals surface area contributed by atoms with Crippen molar-refractivity contribution in [2.24, 2.45) is 5.41 Å². The molecule has 14 heavy (non-hydrogen) atoms. The molecular formula is C10H15N3O. The van der Waals surface area contributed by atoms with Gasteiger partial charge in [0.25, 0.3) is 0 Å². The van der Waals surface area contributed by atoms with Crippen LogP contribution in [0.1, 0.15) is 18.4 Å². The predicted molar refractivity (Wildman–Crippen MR) is 52.5 cm³/mol. The molecule has 0 spiro atoms. The first-order valence-corrected chi connectivity index (χ1v) is 4.90. The molecule has 0 radical (unpaired) electrons. The van der Waals surface area contributed by atoms with E-state index in [1.54, 1.807) is 12.4 Å². The second-order valence-electron chi connectivity index (χ2n) is 4.01. The lowest BCUT2D eigenvalue weighted by atomic mass is 10.1. The molecule has 1 aliphatic rings. The van der Waals surface area contributed by atoms with Crippen LogP contribution in [0.2, 0.25) is 0 Å². The Kier molecular flexibility index (Phi) is 2.74. The maximum atomic E-state index is 9.09. The van der Waals surface area contributed by atoms with Crippen LogP contribution in [-0.4, -0.2) is 28.2 Å². The molecule has 2 N–H and O–H groups in total. The Morgan fingerprint density at radius 3 is 2.64 bits per heavy atom. The molecule has 0 unspecified atom stereocenters. The van der Waals surface area contributed by atoms with Crippen molar-refractivity contribution >= 4 is 0 Å². The van der Waals surface area contributed by atoms with Gasteiger partial charge in [0.2, 0.25) is 0 Å². The molecule has 0 amide bonds.